The monoisotopic (exact) mass is 551 g/mol. The highest BCUT2D eigenvalue weighted by Gasteiger charge is 2.63. The predicted molar refractivity (Wildman–Crippen MR) is 148 cm³/mol. The summed E-state index contributed by atoms with van der Waals surface area (Å²) >= 11 is 14.2. The van der Waals surface area contributed by atoms with Crippen LogP contribution in [0.2, 0.25) is 10.0 Å². The molecule has 2 aliphatic heterocycles. The van der Waals surface area contributed by atoms with E-state index in [0.717, 1.165) is 22.0 Å². The molecule has 37 heavy (non-hydrogen) atoms. The molecule has 2 aromatic heterocycles. The number of amides is 2. The average molecular weight is 552 g/mol. The first-order valence-corrected chi connectivity index (χ1v) is 13.4. The molecule has 6 rings (SSSR count). The van der Waals surface area contributed by atoms with Gasteiger partial charge in [-0.1, -0.05) is 49.2 Å². The number of nitrogens with one attached hydrogen (secondary N) is 1. The zero-order valence-electron chi connectivity index (χ0n) is 20.6. The number of thiophene rings is 1. The van der Waals surface area contributed by atoms with Crippen LogP contribution in [0.3, 0.4) is 0 Å². The van der Waals surface area contributed by atoms with Crippen LogP contribution in [0.25, 0.3) is 5.69 Å². The number of anilines is 2. The molecule has 1 spiro atoms. The van der Waals surface area contributed by atoms with E-state index in [9.17, 15) is 9.59 Å². The fraction of sp³-hybridized carbons (Fsp3) is 0.214. The predicted octanol–water partition coefficient (Wildman–Crippen LogP) is 7.14. The van der Waals surface area contributed by atoms with E-state index >= 15 is 0 Å². The maximum atomic E-state index is 14.4. The van der Waals surface area contributed by atoms with Gasteiger partial charge in [-0.3, -0.25) is 14.5 Å². The zero-order chi connectivity index (χ0) is 26.2. The standard InChI is InChI=1S/C28H23Cl2N3O3S/c1-14(2)24-23-18(13-32(24)21-9-10-37-26(21)36-4)25(34)33(22-12-17(30)6-5-15(22)3)28(23)19-8-7-16(29)11-20(19)31-27(28)35/h5-14H,1-4H3,(H,31,35). The Balaban J connectivity index is 1.75. The topological polar surface area (TPSA) is 63.6 Å². The number of benzene rings is 2. The molecule has 4 aromatic rings. The summed E-state index contributed by atoms with van der Waals surface area (Å²) in [5.74, 6) is -0.607. The fourth-order valence-corrected chi connectivity index (χ4v) is 6.73. The Bertz CT molecular complexity index is 1620. The van der Waals surface area contributed by atoms with Crippen molar-refractivity contribution < 1.29 is 14.3 Å². The van der Waals surface area contributed by atoms with Crippen molar-refractivity contribution in [3.05, 3.63) is 92.0 Å². The lowest BCUT2D eigenvalue weighted by Crippen LogP contribution is -2.51. The number of carbonyl (C=O) groups excluding carboxylic acids is 2. The molecule has 2 aromatic carbocycles. The van der Waals surface area contributed by atoms with Crippen molar-refractivity contribution >= 4 is 57.7 Å². The number of fused-ring (bicyclic) bond motifs is 4. The Hall–Kier alpha value is -3.26. The van der Waals surface area contributed by atoms with Gasteiger partial charge in [-0.15, -0.1) is 11.3 Å². The van der Waals surface area contributed by atoms with Crippen LogP contribution in [-0.2, 0) is 10.3 Å². The molecule has 0 bridgehead atoms. The lowest BCUT2D eigenvalue weighted by atomic mass is 9.81. The Morgan fingerprint density at radius 2 is 1.76 bits per heavy atom. The van der Waals surface area contributed by atoms with Crippen molar-refractivity contribution in [1.29, 1.82) is 0 Å². The van der Waals surface area contributed by atoms with Gasteiger partial charge in [0.05, 0.1) is 24.0 Å². The highest BCUT2D eigenvalue weighted by molar-refractivity contribution is 7.12. The molecule has 9 heteroatoms. The first kappa shape index (κ1) is 24.1. The van der Waals surface area contributed by atoms with Gasteiger partial charge in [0.25, 0.3) is 11.8 Å². The number of carbonyl (C=O) groups is 2. The van der Waals surface area contributed by atoms with Gasteiger partial charge in [0.2, 0.25) is 0 Å². The maximum Gasteiger partial charge on any atom is 0.261 e. The third kappa shape index (κ3) is 3.17. The number of hydrogen-bond donors (Lipinski definition) is 1. The second kappa shape index (κ2) is 8.38. The molecule has 0 fully saturated rings. The maximum absolute atomic E-state index is 14.4. The number of halogens is 2. The molecule has 188 valence electrons. The molecular weight excluding hydrogens is 529 g/mol. The van der Waals surface area contributed by atoms with Crippen LogP contribution < -0.4 is 15.0 Å². The minimum atomic E-state index is -1.43. The smallest absolute Gasteiger partial charge is 0.261 e. The van der Waals surface area contributed by atoms with E-state index in [2.05, 4.69) is 19.2 Å². The van der Waals surface area contributed by atoms with Gasteiger partial charge in [-0.25, -0.2) is 0 Å². The van der Waals surface area contributed by atoms with Crippen molar-refractivity contribution in [2.24, 2.45) is 0 Å². The molecule has 4 heterocycles. The van der Waals surface area contributed by atoms with Crippen LogP contribution in [-0.4, -0.2) is 23.5 Å². The number of aromatic nitrogens is 1. The van der Waals surface area contributed by atoms with Crippen LogP contribution in [0.15, 0.2) is 54.0 Å². The highest BCUT2D eigenvalue weighted by atomic mass is 35.5. The summed E-state index contributed by atoms with van der Waals surface area (Å²) in [7, 11) is 1.63. The third-order valence-electron chi connectivity index (χ3n) is 7.14. The van der Waals surface area contributed by atoms with Gasteiger partial charge in [0.15, 0.2) is 10.6 Å². The van der Waals surface area contributed by atoms with E-state index in [1.807, 2.05) is 41.3 Å². The molecule has 2 aliphatic rings. The average Bonchev–Trinajstić information content (AvgIpc) is 3.58. The van der Waals surface area contributed by atoms with Gasteiger partial charge >= 0.3 is 0 Å². The molecule has 0 aliphatic carbocycles. The van der Waals surface area contributed by atoms with Crippen LogP contribution >= 0.6 is 34.5 Å². The summed E-state index contributed by atoms with van der Waals surface area (Å²) in [5.41, 5.74) is 4.05. The molecule has 1 N–H and O–H groups in total. The summed E-state index contributed by atoms with van der Waals surface area (Å²) in [6, 6.07) is 12.6. The minimum absolute atomic E-state index is 0.0254. The zero-order valence-corrected chi connectivity index (χ0v) is 22.9. The van der Waals surface area contributed by atoms with Crippen LogP contribution in [0.5, 0.6) is 5.06 Å². The fourth-order valence-electron chi connectivity index (χ4n) is 5.69. The first-order valence-electron chi connectivity index (χ1n) is 11.8. The Labute approximate surface area is 228 Å². The van der Waals surface area contributed by atoms with Crippen molar-refractivity contribution in [3.63, 3.8) is 0 Å². The van der Waals surface area contributed by atoms with Crippen LogP contribution in [0, 0.1) is 6.92 Å². The lowest BCUT2D eigenvalue weighted by molar-refractivity contribution is -0.119. The van der Waals surface area contributed by atoms with Gasteiger partial charge < -0.3 is 14.6 Å². The quantitative estimate of drug-likeness (QED) is 0.293. The van der Waals surface area contributed by atoms with Crippen molar-refractivity contribution in [3.8, 4) is 10.8 Å². The van der Waals surface area contributed by atoms with E-state index in [0.29, 0.717) is 38.1 Å². The van der Waals surface area contributed by atoms with Gasteiger partial charge in [0, 0.05) is 38.8 Å². The number of hydrogen-bond acceptors (Lipinski definition) is 4. The van der Waals surface area contributed by atoms with Crippen molar-refractivity contribution in [2.45, 2.75) is 32.2 Å². The molecule has 1 atom stereocenters. The Kier molecular flexibility index (Phi) is 5.46. The molecule has 6 nitrogen and oxygen atoms in total. The number of ether oxygens (including phenoxy) is 1. The number of aryl methyl sites for hydroxylation is 1. The number of rotatable bonds is 4. The lowest BCUT2D eigenvalue weighted by Gasteiger charge is -2.36. The summed E-state index contributed by atoms with van der Waals surface area (Å²) in [6.45, 7) is 6.03. The van der Waals surface area contributed by atoms with E-state index < -0.39 is 5.54 Å². The Morgan fingerprint density at radius 3 is 2.49 bits per heavy atom. The minimum Gasteiger partial charge on any atom is -0.486 e. The van der Waals surface area contributed by atoms with Crippen LogP contribution in [0.4, 0.5) is 11.4 Å². The molecule has 1 unspecified atom stereocenters. The largest absolute Gasteiger partial charge is 0.486 e. The van der Waals surface area contributed by atoms with E-state index in [1.54, 1.807) is 36.3 Å². The summed E-state index contributed by atoms with van der Waals surface area (Å²) < 4.78 is 7.62. The van der Waals surface area contributed by atoms with Crippen LogP contribution in [0.1, 0.15) is 52.5 Å². The summed E-state index contributed by atoms with van der Waals surface area (Å²) in [5, 5.41) is 6.66. The number of methoxy groups -OCH3 is 1. The van der Waals surface area contributed by atoms with Gasteiger partial charge in [0.1, 0.15) is 0 Å². The molecule has 0 saturated heterocycles. The second-order valence-corrected chi connectivity index (χ2v) is 11.3. The third-order valence-corrected chi connectivity index (χ3v) is 8.47. The highest BCUT2D eigenvalue weighted by Crippen LogP contribution is 2.56. The first-order chi connectivity index (χ1) is 17.7. The Morgan fingerprint density at radius 1 is 1.03 bits per heavy atom. The molecule has 0 saturated carbocycles. The van der Waals surface area contributed by atoms with E-state index in [4.69, 9.17) is 27.9 Å². The summed E-state index contributed by atoms with van der Waals surface area (Å²) in [6.07, 6.45) is 1.83. The number of nitrogens with zero attached hydrogens (tertiary/aromatic N) is 2. The van der Waals surface area contributed by atoms with Gasteiger partial charge in [-0.05, 0) is 54.1 Å². The molecule has 2 amide bonds. The summed E-state index contributed by atoms with van der Waals surface area (Å²) in [4.78, 5) is 30.2. The molecular formula is C28H23Cl2N3O3S. The van der Waals surface area contributed by atoms with E-state index in [1.165, 1.54) is 11.3 Å². The van der Waals surface area contributed by atoms with Gasteiger partial charge in [-0.2, -0.15) is 0 Å². The SMILES string of the molecule is COc1sccc1-n1cc2c(c1C(C)C)C1(C(=O)Nc3cc(Cl)ccc31)N(c1cc(Cl)ccc1C)C2=O. The molecule has 0 radical (unpaired) electrons. The second-order valence-electron chi connectivity index (χ2n) is 9.55. The van der Waals surface area contributed by atoms with Crippen molar-refractivity contribution in [2.75, 3.05) is 17.3 Å². The van der Waals surface area contributed by atoms with Crippen molar-refractivity contribution in [1.82, 2.24) is 4.57 Å². The van der Waals surface area contributed by atoms with E-state index in [-0.39, 0.29) is 17.7 Å². The normalized spacial score (nSPS) is 18.1.